The van der Waals surface area contributed by atoms with Crippen LogP contribution in [0.25, 0.3) is 0 Å². The molecule has 1 fully saturated rings. The molecule has 0 aromatic carbocycles. The summed E-state index contributed by atoms with van der Waals surface area (Å²) in [6.07, 6.45) is 6.73. The van der Waals surface area contributed by atoms with Crippen molar-refractivity contribution in [2.24, 2.45) is 17.6 Å². The maximum atomic E-state index is 5.97. The highest BCUT2D eigenvalue weighted by Gasteiger charge is 2.21. The van der Waals surface area contributed by atoms with Crippen molar-refractivity contribution in [3.63, 3.8) is 0 Å². The van der Waals surface area contributed by atoms with Crippen LogP contribution in [0.1, 0.15) is 45.6 Å². The summed E-state index contributed by atoms with van der Waals surface area (Å²) in [7, 11) is 0. The second-order valence-electron chi connectivity index (χ2n) is 6.59. The zero-order valence-corrected chi connectivity index (χ0v) is 13.2. The second-order valence-corrected chi connectivity index (χ2v) is 6.59. The summed E-state index contributed by atoms with van der Waals surface area (Å²) in [5.74, 6) is 2.82. The fourth-order valence-corrected chi connectivity index (χ4v) is 3.22. The SMILES string of the molecule is CC(N)Cc1cccnc1N1CCCC(C(C)C)CC1. The van der Waals surface area contributed by atoms with E-state index in [0.717, 1.165) is 37.2 Å². The number of aromatic nitrogens is 1. The van der Waals surface area contributed by atoms with Gasteiger partial charge in [0.15, 0.2) is 0 Å². The molecule has 0 amide bonds. The third kappa shape index (κ3) is 3.95. The van der Waals surface area contributed by atoms with E-state index in [9.17, 15) is 0 Å². The Bertz CT molecular complexity index is 414. The van der Waals surface area contributed by atoms with Crippen molar-refractivity contribution in [2.75, 3.05) is 18.0 Å². The highest BCUT2D eigenvalue weighted by Crippen LogP contribution is 2.28. The van der Waals surface area contributed by atoms with Crippen molar-refractivity contribution in [3.8, 4) is 0 Å². The molecule has 2 rings (SSSR count). The molecule has 2 unspecified atom stereocenters. The van der Waals surface area contributed by atoms with Crippen LogP contribution in [0.2, 0.25) is 0 Å². The predicted octanol–water partition coefficient (Wildman–Crippen LogP) is 3.23. The van der Waals surface area contributed by atoms with Gasteiger partial charge in [0.2, 0.25) is 0 Å². The molecule has 1 aromatic heterocycles. The Balaban J connectivity index is 2.11. The molecular weight excluding hydrogens is 246 g/mol. The fourth-order valence-electron chi connectivity index (χ4n) is 3.22. The summed E-state index contributed by atoms with van der Waals surface area (Å²) in [5.41, 5.74) is 7.27. The number of pyridine rings is 1. The van der Waals surface area contributed by atoms with Gasteiger partial charge in [-0.15, -0.1) is 0 Å². The molecule has 1 saturated heterocycles. The van der Waals surface area contributed by atoms with E-state index < -0.39 is 0 Å². The van der Waals surface area contributed by atoms with Crippen LogP contribution in [0.15, 0.2) is 18.3 Å². The topological polar surface area (TPSA) is 42.1 Å². The van der Waals surface area contributed by atoms with Crippen LogP contribution >= 0.6 is 0 Å². The van der Waals surface area contributed by atoms with E-state index in [1.807, 2.05) is 12.3 Å². The summed E-state index contributed by atoms with van der Waals surface area (Å²) >= 11 is 0. The molecule has 1 aliphatic heterocycles. The minimum absolute atomic E-state index is 0.188. The third-order valence-electron chi connectivity index (χ3n) is 4.42. The first kappa shape index (κ1) is 15.3. The number of nitrogens with two attached hydrogens (primary N) is 1. The highest BCUT2D eigenvalue weighted by atomic mass is 15.2. The van der Waals surface area contributed by atoms with Gasteiger partial charge in [-0.25, -0.2) is 4.98 Å². The molecule has 0 spiro atoms. The van der Waals surface area contributed by atoms with Gasteiger partial charge in [-0.1, -0.05) is 19.9 Å². The van der Waals surface area contributed by atoms with Crippen molar-refractivity contribution < 1.29 is 0 Å². The molecule has 20 heavy (non-hydrogen) atoms. The van der Waals surface area contributed by atoms with Gasteiger partial charge in [0, 0.05) is 25.3 Å². The lowest BCUT2D eigenvalue weighted by atomic mass is 9.89. The minimum atomic E-state index is 0.188. The molecule has 0 aliphatic carbocycles. The summed E-state index contributed by atoms with van der Waals surface area (Å²) < 4.78 is 0. The Morgan fingerprint density at radius 1 is 1.30 bits per heavy atom. The quantitative estimate of drug-likeness (QED) is 0.917. The Morgan fingerprint density at radius 3 is 2.80 bits per heavy atom. The van der Waals surface area contributed by atoms with E-state index in [1.54, 1.807) is 0 Å². The normalized spacial score (nSPS) is 21.9. The summed E-state index contributed by atoms with van der Waals surface area (Å²) in [6.45, 7) is 9.03. The van der Waals surface area contributed by atoms with Gasteiger partial charge in [-0.2, -0.15) is 0 Å². The van der Waals surface area contributed by atoms with E-state index in [-0.39, 0.29) is 6.04 Å². The van der Waals surface area contributed by atoms with Gasteiger partial charge in [0.1, 0.15) is 5.82 Å². The predicted molar refractivity (Wildman–Crippen MR) is 86.0 cm³/mol. The maximum absolute atomic E-state index is 5.97. The molecule has 2 heterocycles. The third-order valence-corrected chi connectivity index (χ3v) is 4.42. The maximum Gasteiger partial charge on any atom is 0.131 e. The number of hydrogen-bond acceptors (Lipinski definition) is 3. The summed E-state index contributed by atoms with van der Waals surface area (Å²) in [6, 6.07) is 4.39. The van der Waals surface area contributed by atoms with Crippen molar-refractivity contribution in [2.45, 2.75) is 52.5 Å². The summed E-state index contributed by atoms with van der Waals surface area (Å²) in [5, 5.41) is 0. The van der Waals surface area contributed by atoms with Crippen LogP contribution in [-0.2, 0) is 6.42 Å². The molecule has 1 aromatic rings. The molecule has 0 saturated carbocycles. The smallest absolute Gasteiger partial charge is 0.131 e. The molecule has 0 bridgehead atoms. The molecule has 1 aliphatic rings. The average molecular weight is 275 g/mol. The van der Waals surface area contributed by atoms with Crippen molar-refractivity contribution in [3.05, 3.63) is 23.9 Å². The molecule has 0 radical (unpaired) electrons. The molecular formula is C17H29N3. The van der Waals surface area contributed by atoms with Crippen LogP contribution < -0.4 is 10.6 Å². The second kappa shape index (κ2) is 7.07. The molecule has 3 nitrogen and oxygen atoms in total. The Hall–Kier alpha value is -1.09. The van der Waals surface area contributed by atoms with Crippen molar-refractivity contribution in [1.82, 2.24) is 4.98 Å². The lowest BCUT2D eigenvalue weighted by Gasteiger charge is -2.25. The number of rotatable bonds is 4. The van der Waals surface area contributed by atoms with Crippen LogP contribution in [0, 0.1) is 11.8 Å². The number of anilines is 1. The van der Waals surface area contributed by atoms with Gasteiger partial charge >= 0.3 is 0 Å². The number of hydrogen-bond donors (Lipinski definition) is 1. The molecule has 3 heteroatoms. The highest BCUT2D eigenvalue weighted by molar-refractivity contribution is 5.47. The lowest BCUT2D eigenvalue weighted by Crippen LogP contribution is -2.28. The molecule has 112 valence electrons. The number of nitrogens with zero attached hydrogens (tertiary/aromatic N) is 2. The Morgan fingerprint density at radius 2 is 2.10 bits per heavy atom. The fraction of sp³-hybridized carbons (Fsp3) is 0.706. The van der Waals surface area contributed by atoms with Crippen LogP contribution in [0.5, 0.6) is 0 Å². The van der Waals surface area contributed by atoms with Gasteiger partial charge in [0.05, 0.1) is 0 Å². The Kier molecular flexibility index (Phi) is 5.41. The average Bonchev–Trinajstić information content (AvgIpc) is 2.64. The Labute approximate surface area is 123 Å². The van der Waals surface area contributed by atoms with Gasteiger partial charge in [-0.3, -0.25) is 0 Å². The largest absolute Gasteiger partial charge is 0.356 e. The van der Waals surface area contributed by atoms with E-state index in [1.165, 1.54) is 24.8 Å². The van der Waals surface area contributed by atoms with Gasteiger partial charge in [0.25, 0.3) is 0 Å². The molecule has 2 N–H and O–H groups in total. The van der Waals surface area contributed by atoms with Crippen LogP contribution in [0.3, 0.4) is 0 Å². The zero-order valence-electron chi connectivity index (χ0n) is 13.2. The van der Waals surface area contributed by atoms with E-state index >= 15 is 0 Å². The first-order valence-corrected chi connectivity index (χ1v) is 8.02. The van der Waals surface area contributed by atoms with Crippen molar-refractivity contribution in [1.29, 1.82) is 0 Å². The van der Waals surface area contributed by atoms with Gasteiger partial charge in [-0.05, 0) is 56.1 Å². The molecule has 2 atom stereocenters. The van der Waals surface area contributed by atoms with Gasteiger partial charge < -0.3 is 10.6 Å². The van der Waals surface area contributed by atoms with Crippen molar-refractivity contribution >= 4 is 5.82 Å². The summed E-state index contributed by atoms with van der Waals surface area (Å²) in [4.78, 5) is 7.11. The van der Waals surface area contributed by atoms with E-state index in [4.69, 9.17) is 5.73 Å². The van der Waals surface area contributed by atoms with E-state index in [0.29, 0.717) is 0 Å². The van der Waals surface area contributed by atoms with E-state index in [2.05, 4.69) is 36.7 Å². The zero-order chi connectivity index (χ0) is 14.5. The monoisotopic (exact) mass is 275 g/mol. The first-order valence-electron chi connectivity index (χ1n) is 8.02. The minimum Gasteiger partial charge on any atom is -0.356 e. The lowest BCUT2D eigenvalue weighted by molar-refractivity contribution is 0.351. The standard InChI is InChI=1S/C17H29N3/c1-13(2)15-7-5-10-20(11-8-15)17-16(12-14(3)18)6-4-9-19-17/h4,6,9,13-15H,5,7-8,10-12,18H2,1-3H3. The van der Waals surface area contributed by atoms with Crippen LogP contribution in [0.4, 0.5) is 5.82 Å². The van der Waals surface area contributed by atoms with Crippen LogP contribution in [-0.4, -0.2) is 24.1 Å². The first-order chi connectivity index (χ1) is 9.58.